The van der Waals surface area contributed by atoms with Gasteiger partial charge in [-0.3, -0.25) is 4.79 Å². The van der Waals surface area contributed by atoms with Crippen LogP contribution < -0.4 is 0 Å². The van der Waals surface area contributed by atoms with Crippen LogP contribution in [0.15, 0.2) is 24.3 Å². The van der Waals surface area contributed by atoms with E-state index in [0.717, 1.165) is 45.4 Å². The summed E-state index contributed by atoms with van der Waals surface area (Å²) in [5.74, 6) is 0.292. The van der Waals surface area contributed by atoms with Crippen molar-refractivity contribution < 1.29 is 14.3 Å². The maximum atomic E-state index is 12.5. The van der Waals surface area contributed by atoms with Gasteiger partial charge in [0, 0.05) is 26.6 Å². The van der Waals surface area contributed by atoms with Crippen LogP contribution >= 0.6 is 0 Å². The fraction of sp³-hybridized carbons (Fsp3) is 0.650. The van der Waals surface area contributed by atoms with Crippen LogP contribution in [0.4, 0.5) is 0 Å². The number of rotatable bonds is 5. The van der Waals surface area contributed by atoms with Gasteiger partial charge in [0.15, 0.2) is 0 Å². The van der Waals surface area contributed by atoms with Gasteiger partial charge in [-0.2, -0.15) is 0 Å². The van der Waals surface area contributed by atoms with Gasteiger partial charge in [0.05, 0.1) is 19.3 Å². The third-order valence-electron chi connectivity index (χ3n) is 5.68. The van der Waals surface area contributed by atoms with E-state index < -0.39 is 0 Å². The smallest absolute Gasteiger partial charge is 0.222 e. The molecule has 0 bridgehead atoms. The molecule has 3 rings (SSSR count). The summed E-state index contributed by atoms with van der Waals surface area (Å²) in [5, 5.41) is 0. The Morgan fingerprint density at radius 1 is 1.33 bits per heavy atom. The van der Waals surface area contributed by atoms with Crippen molar-refractivity contribution in [1.29, 1.82) is 0 Å². The number of amides is 1. The molecule has 4 nitrogen and oxygen atoms in total. The molecule has 24 heavy (non-hydrogen) atoms. The molecular weight excluding hydrogens is 302 g/mol. The summed E-state index contributed by atoms with van der Waals surface area (Å²) in [6.45, 7) is 5.36. The highest BCUT2D eigenvalue weighted by atomic mass is 16.5. The van der Waals surface area contributed by atoms with Crippen molar-refractivity contribution >= 4 is 5.91 Å². The van der Waals surface area contributed by atoms with Crippen LogP contribution in [0.1, 0.15) is 36.8 Å². The van der Waals surface area contributed by atoms with Crippen LogP contribution in [0.25, 0.3) is 0 Å². The highest BCUT2D eigenvalue weighted by molar-refractivity contribution is 5.76. The van der Waals surface area contributed by atoms with E-state index in [-0.39, 0.29) is 11.5 Å². The van der Waals surface area contributed by atoms with Gasteiger partial charge in [0.25, 0.3) is 0 Å². The predicted molar refractivity (Wildman–Crippen MR) is 94.0 cm³/mol. The quantitative estimate of drug-likeness (QED) is 0.833. The van der Waals surface area contributed by atoms with Gasteiger partial charge in [-0.1, -0.05) is 24.3 Å². The molecule has 2 heterocycles. The van der Waals surface area contributed by atoms with Crippen molar-refractivity contribution in [3.8, 4) is 0 Å². The first-order valence-electron chi connectivity index (χ1n) is 9.05. The molecule has 0 aliphatic carbocycles. The molecule has 2 fully saturated rings. The molecule has 1 amide bonds. The fourth-order valence-electron chi connectivity index (χ4n) is 4.06. The average molecular weight is 331 g/mol. The fourth-order valence-corrected chi connectivity index (χ4v) is 4.06. The van der Waals surface area contributed by atoms with Gasteiger partial charge in [-0.15, -0.1) is 0 Å². The molecule has 1 aromatic carbocycles. The summed E-state index contributed by atoms with van der Waals surface area (Å²) in [5.41, 5.74) is 2.83. The lowest BCUT2D eigenvalue weighted by Gasteiger charge is -2.38. The van der Waals surface area contributed by atoms with Crippen LogP contribution in [-0.2, 0) is 20.7 Å². The molecule has 1 unspecified atom stereocenters. The minimum Gasteiger partial charge on any atom is -0.382 e. The molecule has 0 aromatic heterocycles. The van der Waals surface area contributed by atoms with Gasteiger partial charge >= 0.3 is 0 Å². The van der Waals surface area contributed by atoms with E-state index in [9.17, 15) is 4.79 Å². The summed E-state index contributed by atoms with van der Waals surface area (Å²) in [6.07, 6.45) is 4.88. The molecule has 2 saturated heterocycles. The van der Waals surface area contributed by atoms with E-state index >= 15 is 0 Å². The second kappa shape index (κ2) is 7.66. The van der Waals surface area contributed by atoms with Crippen molar-refractivity contribution in [1.82, 2.24) is 4.90 Å². The standard InChI is InChI=1S/C20H29NO3/c1-16-5-3-4-6-17(16)7-8-19(22)21-11-9-20(10-12-21)13-18(14-23-2)24-15-20/h3-6,18H,7-15H2,1-2H3. The first kappa shape index (κ1) is 17.4. The summed E-state index contributed by atoms with van der Waals surface area (Å²) in [7, 11) is 1.73. The van der Waals surface area contributed by atoms with E-state index in [1.165, 1.54) is 11.1 Å². The van der Waals surface area contributed by atoms with Gasteiger partial charge in [-0.25, -0.2) is 0 Å². The van der Waals surface area contributed by atoms with Crippen LogP contribution in [0.5, 0.6) is 0 Å². The predicted octanol–water partition coefficient (Wildman–Crippen LogP) is 2.97. The third kappa shape index (κ3) is 3.98. The van der Waals surface area contributed by atoms with E-state index in [1.807, 2.05) is 17.0 Å². The zero-order valence-corrected chi connectivity index (χ0v) is 14.9. The molecule has 1 spiro atoms. The molecule has 0 N–H and O–H groups in total. The summed E-state index contributed by atoms with van der Waals surface area (Å²) in [4.78, 5) is 14.6. The SMILES string of the molecule is COCC1CC2(CCN(C(=O)CCc3ccccc3C)CC2)CO1. The highest BCUT2D eigenvalue weighted by Gasteiger charge is 2.42. The molecule has 2 aliphatic heterocycles. The van der Waals surface area contributed by atoms with Crippen molar-refractivity contribution in [2.24, 2.45) is 5.41 Å². The number of piperidine rings is 1. The van der Waals surface area contributed by atoms with Crippen molar-refractivity contribution in [3.05, 3.63) is 35.4 Å². The number of ether oxygens (including phenoxy) is 2. The number of methoxy groups -OCH3 is 1. The Labute approximate surface area is 145 Å². The van der Waals surface area contributed by atoms with Crippen molar-refractivity contribution in [2.75, 3.05) is 33.4 Å². The lowest BCUT2D eigenvalue weighted by molar-refractivity contribution is -0.133. The largest absolute Gasteiger partial charge is 0.382 e. The van der Waals surface area contributed by atoms with Crippen LogP contribution in [0.2, 0.25) is 0 Å². The Hall–Kier alpha value is -1.39. The van der Waals surface area contributed by atoms with Crippen LogP contribution in [-0.4, -0.2) is 50.3 Å². The molecule has 132 valence electrons. The Bertz CT molecular complexity index is 564. The average Bonchev–Trinajstić information content (AvgIpc) is 2.97. The molecule has 0 radical (unpaired) electrons. The van der Waals surface area contributed by atoms with Crippen molar-refractivity contribution in [3.63, 3.8) is 0 Å². The summed E-state index contributed by atoms with van der Waals surface area (Å²) < 4.78 is 11.1. The monoisotopic (exact) mass is 331 g/mol. The lowest BCUT2D eigenvalue weighted by Crippen LogP contribution is -2.43. The van der Waals surface area contributed by atoms with E-state index in [1.54, 1.807) is 7.11 Å². The zero-order chi connectivity index (χ0) is 17.0. The number of benzene rings is 1. The normalized spacial score (nSPS) is 22.9. The van der Waals surface area contributed by atoms with Gasteiger partial charge in [-0.05, 0) is 49.1 Å². The van der Waals surface area contributed by atoms with E-state index in [0.29, 0.717) is 18.9 Å². The third-order valence-corrected chi connectivity index (χ3v) is 5.68. The molecule has 0 saturated carbocycles. The molecule has 1 atom stereocenters. The summed E-state index contributed by atoms with van der Waals surface area (Å²) >= 11 is 0. The number of likely N-dealkylation sites (tertiary alicyclic amines) is 1. The second-order valence-corrected chi connectivity index (χ2v) is 7.40. The number of carbonyl (C=O) groups excluding carboxylic acids is 1. The maximum absolute atomic E-state index is 12.5. The molecule has 1 aromatic rings. The van der Waals surface area contributed by atoms with E-state index in [2.05, 4.69) is 19.1 Å². The number of nitrogens with zero attached hydrogens (tertiary/aromatic N) is 1. The Morgan fingerprint density at radius 2 is 2.08 bits per heavy atom. The molecule has 4 heteroatoms. The van der Waals surface area contributed by atoms with Crippen LogP contribution in [0.3, 0.4) is 0 Å². The second-order valence-electron chi connectivity index (χ2n) is 7.40. The maximum Gasteiger partial charge on any atom is 0.222 e. The van der Waals surface area contributed by atoms with Gasteiger partial charge in [0.1, 0.15) is 0 Å². The number of aryl methyl sites for hydroxylation is 2. The number of hydrogen-bond acceptors (Lipinski definition) is 3. The Balaban J connectivity index is 1.46. The Morgan fingerprint density at radius 3 is 2.79 bits per heavy atom. The van der Waals surface area contributed by atoms with Crippen LogP contribution in [0, 0.1) is 12.3 Å². The topological polar surface area (TPSA) is 38.8 Å². The summed E-state index contributed by atoms with van der Waals surface area (Å²) in [6, 6.07) is 8.33. The zero-order valence-electron chi connectivity index (χ0n) is 14.9. The minimum absolute atomic E-state index is 0.235. The van der Waals surface area contributed by atoms with Crippen molar-refractivity contribution in [2.45, 2.75) is 45.1 Å². The Kier molecular flexibility index (Phi) is 5.57. The molecular formula is C20H29NO3. The van der Waals surface area contributed by atoms with Gasteiger partial charge < -0.3 is 14.4 Å². The number of carbonyl (C=O) groups is 1. The first-order valence-corrected chi connectivity index (χ1v) is 9.05. The lowest BCUT2D eigenvalue weighted by atomic mass is 9.76. The first-order chi connectivity index (χ1) is 11.6. The van der Waals surface area contributed by atoms with Gasteiger partial charge in [0.2, 0.25) is 5.91 Å². The highest BCUT2D eigenvalue weighted by Crippen LogP contribution is 2.42. The van der Waals surface area contributed by atoms with E-state index in [4.69, 9.17) is 9.47 Å². The number of hydrogen-bond donors (Lipinski definition) is 0. The minimum atomic E-state index is 0.235. The molecule has 2 aliphatic rings.